The minimum absolute atomic E-state index is 0.0754. The van der Waals surface area contributed by atoms with Crippen LogP contribution in [0.1, 0.15) is 15.9 Å². The number of phenolic OH excluding ortho intramolecular Hbond substituents is 1. The molecule has 0 fully saturated rings. The molecule has 100 valence electrons. The summed E-state index contributed by atoms with van der Waals surface area (Å²) in [5.41, 5.74) is 1.09. The Morgan fingerprint density at radius 3 is 2.65 bits per heavy atom. The van der Waals surface area contributed by atoms with Crippen molar-refractivity contribution in [3.63, 3.8) is 0 Å². The topological polar surface area (TPSA) is 70.3 Å². The van der Waals surface area contributed by atoms with Crippen molar-refractivity contribution in [2.45, 2.75) is 0 Å². The van der Waals surface area contributed by atoms with E-state index in [1.165, 1.54) is 37.4 Å². The van der Waals surface area contributed by atoms with Crippen LogP contribution in [-0.4, -0.2) is 18.2 Å². The minimum atomic E-state index is -0.648. The molecule has 0 aromatic heterocycles. The number of hydrogen-bond donors (Lipinski definition) is 1. The van der Waals surface area contributed by atoms with Gasteiger partial charge in [-0.1, -0.05) is 6.07 Å². The van der Waals surface area contributed by atoms with E-state index in [1.54, 1.807) is 0 Å². The van der Waals surface area contributed by atoms with Gasteiger partial charge in [-0.2, -0.15) is 5.26 Å². The summed E-state index contributed by atoms with van der Waals surface area (Å²) in [6, 6.07) is 9.90. The number of phenols is 1. The van der Waals surface area contributed by atoms with Gasteiger partial charge in [-0.15, -0.1) is 0 Å². The Hall–Kier alpha value is -2.87. The lowest BCUT2D eigenvalue weighted by molar-refractivity contribution is 0.0600. The summed E-state index contributed by atoms with van der Waals surface area (Å²) in [6.07, 6.45) is 0. The van der Waals surface area contributed by atoms with Gasteiger partial charge in [-0.25, -0.2) is 9.18 Å². The number of benzene rings is 2. The molecule has 20 heavy (non-hydrogen) atoms. The SMILES string of the molecule is COC(=O)c1cc(F)cc(-c2ccc(O)c(C#N)c2)c1. The fourth-order valence-electron chi connectivity index (χ4n) is 1.80. The first kappa shape index (κ1) is 13.6. The Morgan fingerprint density at radius 1 is 1.25 bits per heavy atom. The van der Waals surface area contributed by atoms with Crippen LogP contribution in [0.3, 0.4) is 0 Å². The molecule has 2 aromatic rings. The lowest BCUT2D eigenvalue weighted by Crippen LogP contribution is -2.02. The molecular formula is C15H10FNO3. The molecule has 1 N–H and O–H groups in total. The molecule has 0 aliphatic carbocycles. The third-order valence-corrected chi connectivity index (χ3v) is 2.77. The molecule has 0 amide bonds. The number of nitrogens with zero attached hydrogens (tertiary/aromatic N) is 1. The number of esters is 1. The van der Waals surface area contributed by atoms with E-state index in [2.05, 4.69) is 4.74 Å². The van der Waals surface area contributed by atoms with Crippen LogP contribution >= 0.6 is 0 Å². The van der Waals surface area contributed by atoms with E-state index in [4.69, 9.17) is 5.26 Å². The van der Waals surface area contributed by atoms with Crippen LogP contribution in [0.2, 0.25) is 0 Å². The summed E-state index contributed by atoms with van der Waals surface area (Å²) < 4.78 is 18.1. The van der Waals surface area contributed by atoms with Crippen LogP contribution < -0.4 is 0 Å². The van der Waals surface area contributed by atoms with Crippen molar-refractivity contribution in [2.75, 3.05) is 7.11 Å². The number of hydrogen-bond acceptors (Lipinski definition) is 4. The maximum atomic E-state index is 13.5. The molecule has 0 saturated heterocycles. The molecule has 0 aliphatic rings. The molecule has 4 nitrogen and oxygen atoms in total. The summed E-state index contributed by atoms with van der Waals surface area (Å²) in [7, 11) is 1.21. The zero-order valence-corrected chi connectivity index (χ0v) is 10.6. The zero-order valence-electron chi connectivity index (χ0n) is 10.6. The van der Waals surface area contributed by atoms with E-state index >= 15 is 0 Å². The number of nitriles is 1. The van der Waals surface area contributed by atoms with Crippen LogP contribution in [0.25, 0.3) is 11.1 Å². The highest BCUT2D eigenvalue weighted by Crippen LogP contribution is 2.27. The number of aromatic hydroxyl groups is 1. The zero-order chi connectivity index (χ0) is 14.7. The molecule has 0 bridgehead atoms. The highest BCUT2D eigenvalue weighted by Gasteiger charge is 2.11. The lowest BCUT2D eigenvalue weighted by Gasteiger charge is -2.06. The van der Waals surface area contributed by atoms with E-state index in [9.17, 15) is 14.3 Å². The predicted molar refractivity (Wildman–Crippen MR) is 69.6 cm³/mol. The van der Waals surface area contributed by atoms with Gasteiger partial charge in [0.1, 0.15) is 17.6 Å². The van der Waals surface area contributed by atoms with Crippen molar-refractivity contribution < 1.29 is 19.0 Å². The Kier molecular flexibility index (Phi) is 3.67. The number of methoxy groups -OCH3 is 1. The van der Waals surface area contributed by atoms with Crippen molar-refractivity contribution in [3.8, 4) is 22.9 Å². The van der Waals surface area contributed by atoms with Gasteiger partial charge in [0.25, 0.3) is 0 Å². The van der Waals surface area contributed by atoms with Crippen LogP contribution in [0, 0.1) is 17.1 Å². The van der Waals surface area contributed by atoms with Gasteiger partial charge in [0.15, 0.2) is 0 Å². The van der Waals surface area contributed by atoms with Crippen molar-refractivity contribution in [2.24, 2.45) is 0 Å². The smallest absolute Gasteiger partial charge is 0.337 e. The lowest BCUT2D eigenvalue weighted by atomic mass is 10.0. The molecule has 0 saturated carbocycles. The molecule has 2 aromatic carbocycles. The number of carbonyl (C=O) groups excluding carboxylic acids is 1. The molecule has 0 radical (unpaired) electrons. The molecule has 2 rings (SSSR count). The molecule has 0 aliphatic heterocycles. The van der Waals surface area contributed by atoms with Crippen molar-refractivity contribution in [1.29, 1.82) is 5.26 Å². The molecule has 5 heteroatoms. The van der Waals surface area contributed by atoms with Crippen molar-refractivity contribution in [3.05, 3.63) is 53.3 Å². The van der Waals surface area contributed by atoms with Gasteiger partial charge in [0.2, 0.25) is 0 Å². The van der Waals surface area contributed by atoms with Gasteiger partial charge in [0, 0.05) is 0 Å². The van der Waals surface area contributed by atoms with Gasteiger partial charge < -0.3 is 9.84 Å². The average molecular weight is 271 g/mol. The maximum absolute atomic E-state index is 13.5. The van der Waals surface area contributed by atoms with Gasteiger partial charge >= 0.3 is 5.97 Å². The summed E-state index contributed by atoms with van der Waals surface area (Å²) in [5, 5.41) is 18.3. The normalized spacial score (nSPS) is 9.85. The molecular weight excluding hydrogens is 261 g/mol. The molecule has 0 unspecified atom stereocenters. The predicted octanol–water partition coefficient (Wildman–Crippen LogP) is 2.86. The van der Waals surface area contributed by atoms with E-state index in [0.717, 1.165) is 6.07 Å². The average Bonchev–Trinajstić information content (AvgIpc) is 2.46. The standard InChI is InChI=1S/C15H10FNO3/c1-20-15(19)11-5-10(6-13(16)7-11)9-2-3-14(18)12(4-9)8-17/h2-7,18H,1H3. The van der Waals surface area contributed by atoms with Crippen LogP contribution in [0.15, 0.2) is 36.4 Å². The first-order valence-corrected chi connectivity index (χ1v) is 5.67. The molecule has 0 atom stereocenters. The second-order valence-corrected chi connectivity index (χ2v) is 4.06. The third-order valence-electron chi connectivity index (χ3n) is 2.77. The molecule has 0 spiro atoms. The maximum Gasteiger partial charge on any atom is 0.337 e. The van der Waals surface area contributed by atoms with E-state index < -0.39 is 11.8 Å². The van der Waals surface area contributed by atoms with Crippen LogP contribution in [0.4, 0.5) is 4.39 Å². The highest BCUT2D eigenvalue weighted by molar-refractivity contribution is 5.91. The van der Waals surface area contributed by atoms with E-state index in [0.29, 0.717) is 11.1 Å². The van der Waals surface area contributed by atoms with Crippen LogP contribution in [-0.2, 0) is 4.74 Å². The number of rotatable bonds is 2. The monoisotopic (exact) mass is 271 g/mol. The number of ether oxygens (including phenoxy) is 1. The Balaban J connectivity index is 2.56. The Morgan fingerprint density at radius 2 is 2.00 bits per heavy atom. The number of carbonyl (C=O) groups is 1. The van der Waals surface area contributed by atoms with E-state index in [-0.39, 0.29) is 16.9 Å². The highest BCUT2D eigenvalue weighted by atomic mass is 19.1. The second kappa shape index (κ2) is 5.41. The Labute approximate surface area is 114 Å². The Bertz CT molecular complexity index is 720. The fourth-order valence-corrected chi connectivity index (χ4v) is 1.80. The second-order valence-electron chi connectivity index (χ2n) is 4.06. The van der Waals surface area contributed by atoms with Crippen LogP contribution in [0.5, 0.6) is 5.75 Å². The van der Waals surface area contributed by atoms with Crippen molar-refractivity contribution >= 4 is 5.97 Å². The largest absolute Gasteiger partial charge is 0.507 e. The summed E-state index contributed by atoms with van der Waals surface area (Å²) in [4.78, 5) is 11.4. The summed E-state index contributed by atoms with van der Waals surface area (Å²) >= 11 is 0. The summed E-state index contributed by atoms with van der Waals surface area (Å²) in [6.45, 7) is 0. The number of halogens is 1. The van der Waals surface area contributed by atoms with E-state index in [1.807, 2.05) is 6.07 Å². The van der Waals surface area contributed by atoms with Gasteiger partial charge in [-0.05, 0) is 41.5 Å². The summed E-state index contributed by atoms with van der Waals surface area (Å²) in [5.74, 6) is -1.39. The van der Waals surface area contributed by atoms with Gasteiger partial charge in [0.05, 0.1) is 18.2 Å². The minimum Gasteiger partial charge on any atom is -0.507 e. The third kappa shape index (κ3) is 2.59. The van der Waals surface area contributed by atoms with Gasteiger partial charge in [-0.3, -0.25) is 0 Å². The molecule has 0 heterocycles. The van der Waals surface area contributed by atoms with Crippen molar-refractivity contribution in [1.82, 2.24) is 0 Å². The first-order valence-electron chi connectivity index (χ1n) is 5.67. The quantitative estimate of drug-likeness (QED) is 0.852. The fraction of sp³-hybridized carbons (Fsp3) is 0.0667. The first-order chi connectivity index (χ1) is 9.55.